The van der Waals surface area contributed by atoms with Gasteiger partial charge in [-0.2, -0.15) is 0 Å². The van der Waals surface area contributed by atoms with Crippen molar-refractivity contribution in [3.05, 3.63) is 20.3 Å². The molecule has 2 nitrogen and oxygen atoms in total. The Kier molecular flexibility index (Phi) is 5.90. The number of carbonyl (C=O) groups is 1. The molecule has 0 radical (unpaired) electrons. The lowest BCUT2D eigenvalue weighted by Crippen LogP contribution is -2.42. The van der Waals surface area contributed by atoms with E-state index in [1.54, 1.807) is 11.3 Å². The van der Waals surface area contributed by atoms with E-state index < -0.39 is 0 Å². The fourth-order valence-electron chi connectivity index (χ4n) is 2.64. The summed E-state index contributed by atoms with van der Waals surface area (Å²) in [6.45, 7) is 2.84. The van der Waals surface area contributed by atoms with Crippen LogP contribution in [0.5, 0.6) is 0 Å². The third-order valence-electron chi connectivity index (χ3n) is 3.67. The number of hydrogen-bond acceptors (Lipinski definition) is 2. The van der Waals surface area contributed by atoms with E-state index in [-0.39, 0.29) is 5.91 Å². The summed E-state index contributed by atoms with van der Waals surface area (Å²) in [5.41, 5.74) is 1.15. The van der Waals surface area contributed by atoms with Crippen LogP contribution in [-0.4, -0.2) is 28.7 Å². The number of carbonyl (C=O) groups excluding carboxylic acids is 1. The van der Waals surface area contributed by atoms with Gasteiger partial charge < -0.3 is 4.90 Å². The summed E-state index contributed by atoms with van der Waals surface area (Å²) in [7, 11) is 0. The first kappa shape index (κ1) is 15.5. The molecule has 1 aliphatic carbocycles. The van der Waals surface area contributed by atoms with Crippen LogP contribution in [0.3, 0.4) is 0 Å². The molecule has 0 N–H and O–H groups in total. The molecule has 1 saturated carbocycles. The van der Waals surface area contributed by atoms with Crippen LogP contribution in [0.15, 0.2) is 9.85 Å². The van der Waals surface area contributed by atoms with Gasteiger partial charge in [0.2, 0.25) is 0 Å². The maximum Gasteiger partial charge on any atom is 0.264 e. The van der Waals surface area contributed by atoms with Crippen LogP contribution < -0.4 is 0 Å². The maximum absolute atomic E-state index is 12.7. The standard InChI is InChI=1S/C14H19Br2NOS/c1-10-9-12(19-13(10)16)14(18)17(8-7-15)11-5-3-2-4-6-11/h9,11H,2-8H2,1H3. The van der Waals surface area contributed by atoms with E-state index >= 15 is 0 Å². The van der Waals surface area contributed by atoms with Crippen molar-refractivity contribution in [2.24, 2.45) is 0 Å². The molecule has 0 aliphatic heterocycles. The Bertz CT molecular complexity index is 421. The molecule has 19 heavy (non-hydrogen) atoms. The number of hydrogen-bond donors (Lipinski definition) is 0. The van der Waals surface area contributed by atoms with Gasteiger partial charge in [-0.15, -0.1) is 11.3 Å². The normalized spacial score (nSPS) is 16.6. The van der Waals surface area contributed by atoms with Gasteiger partial charge in [0.05, 0.1) is 8.66 Å². The molecule has 0 bridgehead atoms. The number of nitrogens with zero attached hydrogens (tertiary/aromatic N) is 1. The Balaban J connectivity index is 2.15. The Morgan fingerprint density at radius 3 is 2.63 bits per heavy atom. The molecular formula is C14H19Br2NOS. The van der Waals surface area contributed by atoms with Gasteiger partial charge in [0, 0.05) is 17.9 Å². The van der Waals surface area contributed by atoms with E-state index in [1.807, 2.05) is 13.0 Å². The molecule has 1 heterocycles. The minimum atomic E-state index is 0.199. The molecule has 0 saturated heterocycles. The highest BCUT2D eigenvalue weighted by molar-refractivity contribution is 9.11. The minimum absolute atomic E-state index is 0.199. The number of rotatable bonds is 4. The first-order valence-corrected chi connectivity index (χ1v) is 9.49. The van der Waals surface area contributed by atoms with Crippen molar-refractivity contribution in [2.45, 2.75) is 45.1 Å². The molecular weight excluding hydrogens is 390 g/mol. The highest BCUT2D eigenvalue weighted by Crippen LogP contribution is 2.30. The van der Waals surface area contributed by atoms with Crippen molar-refractivity contribution in [3.63, 3.8) is 0 Å². The zero-order valence-corrected chi connectivity index (χ0v) is 15.1. The molecule has 1 aliphatic rings. The van der Waals surface area contributed by atoms with Gasteiger partial charge >= 0.3 is 0 Å². The molecule has 0 aromatic carbocycles. The number of halogens is 2. The average molecular weight is 409 g/mol. The first-order valence-electron chi connectivity index (χ1n) is 6.76. The summed E-state index contributed by atoms with van der Waals surface area (Å²) < 4.78 is 1.07. The predicted octanol–water partition coefficient (Wildman–Crippen LogP) is 4.99. The third-order valence-corrected chi connectivity index (χ3v) is 6.15. The van der Waals surface area contributed by atoms with Crippen LogP contribution in [0.1, 0.15) is 47.3 Å². The largest absolute Gasteiger partial charge is 0.334 e. The van der Waals surface area contributed by atoms with E-state index in [0.717, 1.165) is 38.9 Å². The molecule has 2 rings (SSSR count). The van der Waals surface area contributed by atoms with Crippen LogP contribution in [0.2, 0.25) is 0 Å². The van der Waals surface area contributed by atoms with Gasteiger partial charge in [-0.25, -0.2) is 0 Å². The van der Waals surface area contributed by atoms with Crippen LogP contribution in [0.25, 0.3) is 0 Å². The topological polar surface area (TPSA) is 20.3 Å². The highest BCUT2D eigenvalue weighted by atomic mass is 79.9. The molecule has 1 amide bonds. The third kappa shape index (κ3) is 3.82. The second kappa shape index (κ2) is 7.23. The van der Waals surface area contributed by atoms with Gasteiger partial charge in [0.15, 0.2) is 0 Å². The summed E-state index contributed by atoms with van der Waals surface area (Å²) in [5, 5.41) is 0.848. The summed E-state index contributed by atoms with van der Waals surface area (Å²) in [6.07, 6.45) is 6.14. The Morgan fingerprint density at radius 1 is 1.42 bits per heavy atom. The van der Waals surface area contributed by atoms with Crippen LogP contribution in [0, 0.1) is 6.92 Å². The van der Waals surface area contributed by atoms with Gasteiger partial charge in [0.1, 0.15) is 0 Å². The fraction of sp³-hybridized carbons (Fsp3) is 0.643. The van der Waals surface area contributed by atoms with Gasteiger partial charge in [-0.1, -0.05) is 35.2 Å². The lowest BCUT2D eigenvalue weighted by molar-refractivity contribution is 0.0656. The molecule has 106 valence electrons. The smallest absolute Gasteiger partial charge is 0.264 e. The van der Waals surface area contributed by atoms with E-state index in [1.165, 1.54) is 19.3 Å². The zero-order valence-electron chi connectivity index (χ0n) is 11.1. The number of amides is 1. The minimum Gasteiger partial charge on any atom is -0.334 e. The van der Waals surface area contributed by atoms with Crippen molar-refractivity contribution >= 4 is 49.1 Å². The summed E-state index contributed by atoms with van der Waals surface area (Å²) in [6, 6.07) is 2.43. The quantitative estimate of drug-likeness (QED) is 0.642. The van der Waals surface area contributed by atoms with Crippen LogP contribution >= 0.6 is 43.2 Å². The molecule has 0 unspecified atom stereocenters. The Hall–Kier alpha value is 0.130. The Morgan fingerprint density at radius 2 is 2.11 bits per heavy atom. The van der Waals surface area contributed by atoms with E-state index in [2.05, 4.69) is 36.8 Å². The van der Waals surface area contributed by atoms with Gasteiger partial charge in [-0.05, 0) is 47.3 Å². The van der Waals surface area contributed by atoms with Crippen molar-refractivity contribution in [1.82, 2.24) is 4.90 Å². The Labute approximate surface area is 135 Å². The average Bonchev–Trinajstić information content (AvgIpc) is 2.76. The second-order valence-electron chi connectivity index (χ2n) is 5.05. The molecule has 0 atom stereocenters. The van der Waals surface area contributed by atoms with Crippen molar-refractivity contribution in [1.29, 1.82) is 0 Å². The van der Waals surface area contributed by atoms with Gasteiger partial charge in [-0.3, -0.25) is 4.79 Å². The molecule has 1 fully saturated rings. The summed E-state index contributed by atoms with van der Waals surface area (Å²) >= 11 is 8.54. The lowest BCUT2D eigenvalue weighted by atomic mass is 9.94. The first-order chi connectivity index (χ1) is 9.13. The van der Waals surface area contributed by atoms with Crippen molar-refractivity contribution in [2.75, 3.05) is 11.9 Å². The molecule has 5 heteroatoms. The fourth-order valence-corrected chi connectivity index (χ4v) is 4.51. The highest BCUT2D eigenvalue weighted by Gasteiger charge is 2.26. The molecule has 1 aromatic rings. The van der Waals surface area contributed by atoms with E-state index in [4.69, 9.17) is 0 Å². The van der Waals surface area contributed by atoms with Crippen LogP contribution in [-0.2, 0) is 0 Å². The van der Waals surface area contributed by atoms with E-state index in [0.29, 0.717) is 6.04 Å². The maximum atomic E-state index is 12.7. The summed E-state index contributed by atoms with van der Waals surface area (Å²) in [4.78, 5) is 15.6. The summed E-state index contributed by atoms with van der Waals surface area (Å²) in [5.74, 6) is 0.199. The molecule has 1 aromatic heterocycles. The number of alkyl halides is 1. The SMILES string of the molecule is Cc1cc(C(=O)N(CCBr)C2CCCCC2)sc1Br. The monoisotopic (exact) mass is 407 g/mol. The van der Waals surface area contributed by atoms with Gasteiger partial charge in [0.25, 0.3) is 5.91 Å². The zero-order chi connectivity index (χ0) is 13.8. The van der Waals surface area contributed by atoms with E-state index in [9.17, 15) is 4.79 Å². The second-order valence-corrected chi connectivity index (χ2v) is 8.21. The van der Waals surface area contributed by atoms with Crippen LogP contribution in [0.4, 0.5) is 0 Å². The predicted molar refractivity (Wildman–Crippen MR) is 88.5 cm³/mol. The number of thiophene rings is 1. The number of aryl methyl sites for hydroxylation is 1. The van der Waals surface area contributed by atoms with Crippen molar-refractivity contribution < 1.29 is 4.79 Å². The molecule has 0 spiro atoms. The van der Waals surface area contributed by atoms with Crippen molar-refractivity contribution in [3.8, 4) is 0 Å². The lowest BCUT2D eigenvalue weighted by Gasteiger charge is -2.33.